The number of nitrogens with two attached hydrogens (primary N) is 1. The fourth-order valence-electron chi connectivity index (χ4n) is 1.33. The molecule has 0 spiro atoms. The monoisotopic (exact) mass is 213 g/mol. The van der Waals surface area contributed by atoms with Crippen molar-refractivity contribution >= 4 is 11.8 Å². The summed E-state index contributed by atoms with van der Waals surface area (Å²) in [4.78, 5) is 0.709. The molecule has 0 bridgehead atoms. The highest BCUT2D eigenvalue weighted by Gasteiger charge is 2.09. The third-order valence-electron chi connectivity index (χ3n) is 1.87. The maximum absolute atomic E-state index is 13.2. The average molecular weight is 213 g/mol. The summed E-state index contributed by atoms with van der Waals surface area (Å²) in [5.74, 6) is -0.144. The minimum Gasteiger partial charge on any atom is -0.328 e. The lowest BCUT2D eigenvalue weighted by Crippen LogP contribution is -2.19. The van der Waals surface area contributed by atoms with E-state index >= 15 is 0 Å². The van der Waals surface area contributed by atoms with E-state index in [-0.39, 0.29) is 11.9 Å². The van der Waals surface area contributed by atoms with Crippen LogP contribution in [0.15, 0.2) is 29.2 Å². The van der Waals surface area contributed by atoms with E-state index in [9.17, 15) is 4.39 Å². The Bertz CT molecular complexity index is 288. The lowest BCUT2D eigenvalue weighted by Gasteiger charge is -2.13. The van der Waals surface area contributed by atoms with E-state index in [1.165, 1.54) is 6.07 Å². The Morgan fingerprint density at radius 3 is 2.57 bits per heavy atom. The van der Waals surface area contributed by atoms with Gasteiger partial charge in [-0.05, 0) is 25.5 Å². The van der Waals surface area contributed by atoms with E-state index in [4.69, 9.17) is 5.73 Å². The van der Waals surface area contributed by atoms with Crippen LogP contribution in [0, 0.1) is 5.82 Å². The highest BCUT2D eigenvalue weighted by Crippen LogP contribution is 2.27. The van der Waals surface area contributed by atoms with Gasteiger partial charge in [0.15, 0.2) is 0 Å². The van der Waals surface area contributed by atoms with Gasteiger partial charge in [-0.3, -0.25) is 0 Å². The quantitative estimate of drug-likeness (QED) is 0.778. The smallest absolute Gasteiger partial charge is 0.136 e. The number of rotatable bonds is 4. The summed E-state index contributed by atoms with van der Waals surface area (Å²) in [5.41, 5.74) is 5.68. The van der Waals surface area contributed by atoms with Crippen LogP contribution in [-0.4, -0.2) is 11.3 Å². The first-order valence-corrected chi connectivity index (χ1v) is 5.64. The number of benzene rings is 1. The van der Waals surface area contributed by atoms with Crippen molar-refractivity contribution in [2.75, 3.05) is 0 Å². The first kappa shape index (κ1) is 11.5. The van der Waals surface area contributed by atoms with Crippen molar-refractivity contribution in [2.24, 2.45) is 5.73 Å². The second kappa shape index (κ2) is 5.37. The van der Waals surface area contributed by atoms with Gasteiger partial charge in [0, 0.05) is 16.2 Å². The molecule has 0 heterocycles. The molecule has 2 N–H and O–H groups in total. The summed E-state index contributed by atoms with van der Waals surface area (Å²) in [5, 5.41) is 0.354. The van der Waals surface area contributed by atoms with E-state index in [1.807, 2.05) is 13.0 Å². The van der Waals surface area contributed by atoms with E-state index in [0.717, 1.165) is 6.42 Å². The molecule has 2 unspecified atom stereocenters. The summed E-state index contributed by atoms with van der Waals surface area (Å²) in [6.45, 7) is 4.04. The fraction of sp³-hybridized carbons (Fsp3) is 0.455. The molecule has 1 aromatic rings. The zero-order valence-electron chi connectivity index (χ0n) is 8.53. The first-order chi connectivity index (χ1) is 6.59. The van der Waals surface area contributed by atoms with Gasteiger partial charge >= 0.3 is 0 Å². The van der Waals surface area contributed by atoms with Crippen LogP contribution in [0.2, 0.25) is 0 Å². The van der Waals surface area contributed by atoms with Crippen LogP contribution in [0.25, 0.3) is 0 Å². The summed E-state index contributed by atoms with van der Waals surface area (Å²) in [6, 6.07) is 7.02. The van der Waals surface area contributed by atoms with Crippen LogP contribution in [0.1, 0.15) is 20.3 Å². The van der Waals surface area contributed by atoms with Gasteiger partial charge in [-0.2, -0.15) is 0 Å². The van der Waals surface area contributed by atoms with Crippen LogP contribution in [-0.2, 0) is 0 Å². The molecule has 0 radical (unpaired) electrons. The number of thioether (sulfide) groups is 1. The Kier molecular flexibility index (Phi) is 4.42. The van der Waals surface area contributed by atoms with Gasteiger partial charge in [0.05, 0.1) is 0 Å². The maximum atomic E-state index is 13.2. The summed E-state index contributed by atoms with van der Waals surface area (Å²) in [7, 11) is 0. The third-order valence-corrected chi connectivity index (χ3v) is 3.05. The average Bonchev–Trinajstić information content (AvgIpc) is 2.07. The molecule has 3 heteroatoms. The minimum absolute atomic E-state index is 0.144. The Morgan fingerprint density at radius 2 is 2.00 bits per heavy atom. The molecule has 0 aromatic heterocycles. The molecule has 2 atom stereocenters. The van der Waals surface area contributed by atoms with Crippen molar-refractivity contribution in [3.05, 3.63) is 30.1 Å². The molecular formula is C11H16FNS. The van der Waals surface area contributed by atoms with Gasteiger partial charge in [0.25, 0.3) is 0 Å². The normalized spacial score (nSPS) is 15.1. The molecule has 14 heavy (non-hydrogen) atoms. The second-order valence-corrected chi connectivity index (χ2v) is 5.05. The van der Waals surface area contributed by atoms with E-state index in [1.54, 1.807) is 23.9 Å². The van der Waals surface area contributed by atoms with Crippen molar-refractivity contribution in [2.45, 2.75) is 36.5 Å². The van der Waals surface area contributed by atoms with Crippen molar-refractivity contribution in [1.29, 1.82) is 0 Å². The molecule has 1 rings (SSSR count). The predicted molar refractivity (Wildman–Crippen MR) is 60.0 cm³/mol. The lowest BCUT2D eigenvalue weighted by molar-refractivity contribution is 0.600. The molecule has 0 amide bonds. The summed E-state index contributed by atoms with van der Waals surface area (Å²) < 4.78 is 13.2. The highest BCUT2D eigenvalue weighted by atomic mass is 32.2. The van der Waals surface area contributed by atoms with Crippen LogP contribution in [0.3, 0.4) is 0 Å². The molecule has 1 aromatic carbocycles. The molecule has 0 aliphatic carbocycles. The fourth-order valence-corrected chi connectivity index (χ4v) is 2.50. The Morgan fingerprint density at radius 1 is 1.36 bits per heavy atom. The minimum atomic E-state index is -0.144. The zero-order valence-corrected chi connectivity index (χ0v) is 9.35. The summed E-state index contributed by atoms with van der Waals surface area (Å²) in [6.07, 6.45) is 0.902. The van der Waals surface area contributed by atoms with Gasteiger partial charge in [0.1, 0.15) is 5.82 Å². The van der Waals surface area contributed by atoms with Gasteiger partial charge in [0.2, 0.25) is 0 Å². The molecule has 1 nitrogen and oxygen atoms in total. The highest BCUT2D eigenvalue weighted by molar-refractivity contribution is 8.00. The first-order valence-electron chi connectivity index (χ1n) is 4.76. The lowest BCUT2D eigenvalue weighted by atomic mass is 10.2. The number of hydrogen-bond acceptors (Lipinski definition) is 2. The zero-order chi connectivity index (χ0) is 10.6. The molecule has 0 saturated carbocycles. The van der Waals surface area contributed by atoms with Crippen LogP contribution < -0.4 is 5.73 Å². The van der Waals surface area contributed by atoms with E-state index < -0.39 is 0 Å². The van der Waals surface area contributed by atoms with Gasteiger partial charge in [-0.1, -0.05) is 19.1 Å². The predicted octanol–water partition coefficient (Wildman–Crippen LogP) is 3.04. The maximum Gasteiger partial charge on any atom is 0.136 e. The van der Waals surface area contributed by atoms with Crippen molar-refractivity contribution in [3.63, 3.8) is 0 Å². The topological polar surface area (TPSA) is 26.0 Å². The number of hydrogen-bond donors (Lipinski definition) is 1. The Labute approximate surface area is 88.9 Å². The summed E-state index contributed by atoms with van der Waals surface area (Å²) >= 11 is 1.54. The third kappa shape index (κ3) is 3.68. The Balaban J connectivity index is 2.56. The van der Waals surface area contributed by atoms with Crippen LogP contribution >= 0.6 is 11.8 Å². The SMILES string of the molecule is CC(N)CC(C)Sc1ccccc1F. The molecule has 78 valence electrons. The van der Waals surface area contributed by atoms with Gasteiger partial charge in [-0.25, -0.2) is 4.39 Å². The van der Waals surface area contributed by atoms with Gasteiger partial charge < -0.3 is 5.73 Å². The second-order valence-electron chi connectivity index (χ2n) is 3.57. The van der Waals surface area contributed by atoms with Gasteiger partial charge in [-0.15, -0.1) is 11.8 Å². The van der Waals surface area contributed by atoms with Crippen molar-refractivity contribution in [3.8, 4) is 0 Å². The van der Waals surface area contributed by atoms with E-state index in [0.29, 0.717) is 10.1 Å². The Hall–Kier alpha value is -0.540. The van der Waals surface area contributed by atoms with Crippen molar-refractivity contribution < 1.29 is 4.39 Å². The number of halogens is 1. The van der Waals surface area contributed by atoms with Crippen molar-refractivity contribution in [1.82, 2.24) is 0 Å². The molecular weight excluding hydrogens is 197 g/mol. The molecule has 0 aliphatic rings. The van der Waals surface area contributed by atoms with Crippen LogP contribution in [0.5, 0.6) is 0 Å². The standard InChI is InChI=1S/C11H16FNS/c1-8(13)7-9(2)14-11-6-4-3-5-10(11)12/h3-6,8-9H,7,13H2,1-2H3. The molecule has 0 fully saturated rings. The largest absolute Gasteiger partial charge is 0.328 e. The van der Waals surface area contributed by atoms with E-state index in [2.05, 4.69) is 6.92 Å². The molecule has 0 aliphatic heterocycles. The molecule has 0 saturated heterocycles. The van der Waals surface area contributed by atoms with Crippen LogP contribution in [0.4, 0.5) is 4.39 Å².